The number of sulfonamides is 1. The molecule has 0 aliphatic heterocycles. The molecule has 0 unspecified atom stereocenters. The zero-order chi connectivity index (χ0) is 21.3. The molecule has 0 spiro atoms. The highest BCUT2D eigenvalue weighted by Gasteiger charge is 2.15. The third-order valence-electron chi connectivity index (χ3n) is 4.12. The number of hydrogen-bond acceptors (Lipinski definition) is 7. The van der Waals surface area contributed by atoms with Crippen LogP contribution in [-0.2, 0) is 10.0 Å². The molecule has 11 heteroatoms. The van der Waals surface area contributed by atoms with Crippen molar-refractivity contribution in [2.45, 2.75) is 0 Å². The number of carbonyl (C=O) groups excluding carboxylic acids is 1. The Bertz CT molecular complexity index is 1330. The van der Waals surface area contributed by atoms with E-state index in [4.69, 9.17) is 4.74 Å². The van der Waals surface area contributed by atoms with Crippen molar-refractivity contribution < 1.29 is 17.9 Å². The normalized spacial score (nSPS) is 11.4. The smallest absolute Gasteiger partial charge is 0.258 e. The predicted octanol–water partition coefficient (Wildman–Crippen LogP) is 3.09. The largest absolute Gasteiger partial charge is 0.497 e. The Balaban J connectivity index is 1.54. The first-order chi connectivity index (χ1) is 14.3. The topological polar surface area (TPSA) is 115 Å². The summed E-state index contributed by atoms with van der Waals surface area (Å²) < 4.78 is 31.8. The van der Waals surface area contributed by atoms with E-state index < -0.39 is 15.9 Å². The van der Waals surface area contributed by atoms with Gasteiger partial charge >= 0.3 is 0 Å². The second kappa shape index (κ2) is 7.76. The molecule has 9 nitrogen and oxygen atoms in total. The third-order valence-corrected chi connectivity index (χ3v) is 5.55. The number of fused-ring (bicyclic) bond motifs is 1. The van der Waals surface area contributed by atoms with Crippen molar-refractivity contribution >= 4 is 43.9 Å². The minimum atomic E-state index is -3.38. The van der Waals surface area contributed by atoms with E-state index in [2.05, 4.69) is 20.1 Å². The van der Waals surface area contributed by atoms with E-state index in [1.807, 2.05) is 29.6 Å². The first kappa shape index (κ1) is 19.9. The molecule has 4 aromatic rings. The van der Waals surface area contributed by atoms with Gasteiger partial charge in [0.25, 0.3) is 11.9 Å². The van der Waals surface area contributed by atoms with Gasteiger partial charge < -0.3 is 4.74 Å². The lowest BCUT2D eigenvalue weighted by Gasteiger charge is -2.05. The van der Waals surface area contributed by atoms with E-state index in [0.29, 0.717) is 16.2 Å². The Morgan fingerprint density at radius 3 is 2.63 bits per heavy atom. The van der Waals surface area contributed by atoms with Gasteiger partial charge in [0.15, 0.2) is 0 Å². The lowest BCUT2D eigenvalue weighted by Crippen LogP contribution is -2.14. The number of nitrogens with zero attached hydrogens (tertiary/aromatic N) is 3. The van der Waals surface area contributed by atoms with Crippen molar-refractivity contribution in [1.29, 1.82) is 0 Å². The molecule has 154 valence electrons. The molecule has 0 saturated carbocycles. The molecule has 0 bridgehead atoms. The summed E-state index contributed by atoms with van der Waals surface area (Å²) in [6.07, 6.45) is 1.06. The summed E-state index contributed by atoms with van der Waals surface area (Å²) >= 11 is 1.41. The third kappa shape index (κ3) is 4.26. The minimum absolute atomic E-state index is 0.175. The van der Waals surface area contributed by atoms with Crippen LogP contribution < -0.4 is 14.8 Å². The monoisotopic (exact) mass is 443 g/mol. The molecule has 1 amide bonds. The molecule has 30 heavy (non-hydrogen) atoms. The van der Waals surface area contributed by atoms with Crippen LogP contribution in [-0.4, -0.2) is 42.3 Å². The molecule has 2 aromatic carbocycles. The van der Waals surface area contributed by atoms with Gasteiger partial charge in [-0.3, -0.25) is 14.8 Å². The van der Waals surface area contributed by atoms with Gasteiger partial charge in [-0.25, -0.2) is 12.9 Å². The van der Waals surface area contributed by atoms with Crippen molar-refractivity contribution in [3.8, 4) is 17.0 Å². The zero-order valence-electron chi connectivity index (χ0n) is 16.0. The number of hydrogen-bond donors (Lipinski definition) is 2. The highest BCUT2D eigenvalue weighted by Crippen LogP contribution is 2.28. The summed E-state index contributed by atoms with van der Waals surface area (Å²) in [6, 6.07) is 13.6. The number of methoxy groups -OCH3 is 1. The molecule has 0 fully saturated rings. The summed E-state index contributed by atoms with van der Waals surface area (Å²) in [6.45, 7) is 0. The van der Waals surface area contributed by atoms with Gasteiger partial charge in [0, 0.05) is 22.2 Å². The van der Waals surface area contributed by atoms with Gasteiger partial charge in [-0.05, 0) is 36.4 Å². The number of rotatable bonds is 6. The molecule has 0 aliphatic carbocycles. The number of carbonyl (C=O) groups is 1. The van der Waals surface area contributed by atoms with Gasteiger partial charge in [0.2, 0.25) is 15.0 Å². The molecule has 0 radical (unpaired) electrons. The number of ether oxygens (including phenoxy) is 1. The van der Waals surface area contributed by atoms with Crippen LogP contribution in [0.5, 0.6) is 5.75 Å². The van der Waals surface area contributed by atoms with Crippen LogP contribution in [0, 0.1) is 0 Å². The van der Waals surface area contributed by atoms with Crippen molar-refractivity contribution in [2.24, 2.45) is 0 Å². The Morgan fingerprint density at radius 2 is 1.93 bits per heavy atom. The van der Waals surface area contributed by atoms with Gasteiger partial charge in [-0.15, -0.1) is 16.4 Å². The molecule has 2 aromatic heterocycles. The maximum Gasteiger partial charge on any atom is 0.258 e. The number of amides is 1. The molecule has 2 heterocycles. The summed E-state index contributed by atoms with van der Waals surface area (Å²) in [4.78, 5) is 17.5. The molecule has 0 atom stereocenters. The molecule has 4 rings (SSSR count). The van der Waals surface area contributed by atoms with Gasteiger partial charge in [0.05, 0.1) is 19.1 Å². The van der Waals surface area contributed by atoms with Crippen LogP contribution in [0.15, 0.2) is 53.9 Å². The molecular weight excluding hydrogens is 426 g/mol. The van der Waals surface area contributed by atoms with E-state index in [9.17, 15) is 13.2 Å². The molecular formula is C19H17N5O4S2. The molecule has 0 saturated heterocycles. The fourth-order valence-electron chi connectivity index (χ4n) is 2.79. The van der Waals surface area contributed by atoms with E-state index >= 15 is 0 Å². The second-order valence-electron chi connectivity index (χ2n) is 6.39. The fraction of sp³-hybridized carbons (Fsp3) is 0.105. The first-order valence-corrected chi connectivity index (χ1v) is 11.5. The number of aromatic nitrogens is 3. The fourth-order valence-corrected chi connectivity index (χ4v) is 4.19. The zero-order valence-corrected chi connectivity index (χ0v) is 17.6. The number of benzene rings is 2. The average Bonchev–Trinajstić information content (AvgIpc) is 3.27. The average molecular weight is 444 g/mol. The van der Waals surface area contributed by atoms with Crippen LogP contribution in [0.4, 0.5) is 11.6 Å². The van der Waals surface area contributed by atoms with E-state index in [1.54, 1.807) is 11.6 Å². The summed E-state index contributed by atoms with van der Waals surface area (Å²) in [5.41, 5.74) is 2.47. The van der Waals surface area contributed by atoms with Gasteiger partial charge in [-0.1, -0.05) is 12.1 Å². The number of nitrogens with one attached hydrogen (secondary N) is 2. The summed E-state index contributed by atoms with van der Waals surface area (Å²) in [5, 5.41) is 8.99. The van der Waals surface area contributed by atoms with Gasteiger partial charge in [-0.2, -0.15) is 4.98 Å². The van der Waals surface area contributed by atoms with Gasteiger partial charge in [0.1, 0.15) is 5.75 Å². The number of thiazole rings is 1. The lowest BCUT2D eigenvalue weighted by atomic mass is 10.2. The molecule has 2 N–H and O–H groups in total. The Kier molecular flexibility index (Phi) is 5.14. The lowest BCUT2D eigenvalue weighted by molar-refractivity contribution is 0.102. The SMILES string of the molecule is COc1cccc(-c2csc3nc(NC(=O)c4ccc(NS(C)(=O)=O)cc4)nn23)c1. The summed E-state index contributed by atoms with van der Waals surface area (Å²) in [7, 11) is -1.77. The van der Waals surface area contributed by atoms with Crippen LogP contribution in [0.25, 0.3) is 16.2 Å². The predicted molar refractivity (Wildman–Crippen MR) is 116 cm³/mol. The maximum atomic E-state index is 12.5. The summed E-state index contributed by atoms with van der Waals surface area (Å²) in [5.74, 6) is 0.505. The minimum Gasteiger partial charge on any atom is -0.497 e. The Hall–Kier alpha value is -3.44. The van der Waals surface area contributed by atoms with Crippen LogP contribution in [0.1, 0.15) is 10.4 Å². The van der Waals surface area contributed by atoms with Crippen molar-refractivity contribution in [3.63, 3.8) is 0 Å². The van der Waals surface area contributed by atoms with Crippen LogP contribution >= 0.6 is 11.3 Å². The Labute approximate surface area is 176 Å². The Morgan fingerprint density at radius 1 is 1.17 bits per heavy atom. The highest BCUT2D eigenvalue weighted by atomic mass is 32.2. The van der Waals surface area contributed by atoms with Crippen molar-refractivity contribution in [2.75, 3.05) is 23.4 Å². The van der Waals surface area contributed by atoms with E-state index in [1.165, 1.54) is 35.6 Å². The van der Waals surface area contributed by atoms with Crippen LogP contribution in [0.2, 0.25) is 0 Å². The maximum absolute atomic E-state index is 12.5. The van der Waals surface area contributed by atoms with E-state index in [0.717, 1.165) is 23.3 Å². The van der Waals surface area contributed by atoms with Crippen molar-refractivity contribution in [1.82, 2.24) is 14.6 Å². The number of anilines is 2. The van der Waals surface area contributed by atoms with Crippen molar-refractivity contribution in [3.05, 3.63) is 59.5 Å². The van der Waals surface area contributed by atoms with E-state index in [-0.39, 0.29) is 5.95 Å². The second-order valence-corrected chi connectivity index (χ2v) is 8.97. The standard InChI is InChI=1S/C19H17N5O4S2/c1-28-15-5-3-4-13(10-15)16-11-29-19-21-18(22-24(16)19)20-17(25)12-6-8-14(9-7-12)23-30(2,26)27/h3-11,23H,1-2H3,(H,20,22,25). The van der Waals surface area contributed by atoms with Crippen LogP contribution in [0.3, 0.4) is 0 Å². The quantitative estimate of drug-likeness (QED) is 0.473. The highest BCUT2D eigenvalue weighted by molar-refractivity contribution is 7.92. The molecule has 0 aliphatic rings. The first-order valence-electron chi connectivity index (χ1n) is 8.70.